The van der Waals surface area contributed by atoms with Crippen LogP contribution < -0.4 is 5.73 Å². The lowest BCUT2D eigenvalue weighted by molar-refractivity contribution is -0.140. The predicted molar refractivity (Wildman–Crippen MR) is 97.1 cm³/mol. The number of aliphatic imine (C=N–C) groups is 1. The molecule has 9 heteroatoms. The van der Waals surface area contributed by atoms with Crippen LogP contribution in [0.1, 0.15) is 31.1 Å². The molecule has 0 aliphatic heterocycles. The molecule has 0 unspecified atom stereocenters. The van der Waals surface area contributed by atoms with Gasteiger partial charge in [0.1, 0.15) is 5.82 Å². The Morgan fingerprint density at radius 2 is 1.96 bits per heavy atom. The molecule has 0 radical (unpaired) electrons. The second-order valence-electron chi connectivity index (χ2n) is 6.39. The number of carbonyl (C=O) groups excluding carboxylic acids is 1. The molecule has 0 bridgehead atoms. The first-order valence-electron chi connectivity index (χ1n) is 8.31. The zero-order valence-corrected chi connectivity index (χ0v) is 15.4. The Morgan fingerprint density at radius 1 is 1.33 bits per heavy atom. The minimum absolute atomic E-state index is 0.0196. The van der Waals surface area contributed by atoms with Gasteiger partial charge in [-0.15, -0.1) is 0 Å². The Kier molecular flexibility index (Phi) is 6.24. The van der Waals surface area contributed by atoms with Gasteiger partial charge in [-0.25, -0.2) is 4.98 Å². The summed E-state index contributed by atoms with van der Waals surface area (Å²) in [6, 6.07) is 6.80. The van der Waals surface area contributed by atoms with E-state index in [9.17, 15) is 18.0 Å². The number of halogens is 3. The molecule has 0 saturated heterocycles. The van der Waals surface area contributed by atoms with E-state index < -0.39 is 17.8 Å². The first kappa shape index (κ1) is 20.5. The number of hydrogen-bond donors (Lipinski definition) is 1. The quantitative estimate of drug-likeness (QED) is 0.591. The second kappa shape index (κ2) is 8.24. The molecule has 1 aromatic carbocycles. The number of rotatable bonds is 7. The summed E-state index contributed by atoms with van der Waals surface area (Å²) in [4.78, 5) is 20.4. The normalized spacial score (nSPS) is 12.1. The third-order valence-electron chi connectivity index (χ3n) is 3.81. The van der Waals surface area contributed by atoms with Crippen molar-refractivity contribution >= 4 is 12.2 Å². The zero-order chi connectivity index (χ0) is 20.2. The number of primary amides is 1. The van der Waals surface area contributed by atoms with Crippen molar-refractivity contribution in [3.05, 3.63) is 41.7 Å². The van der Waals surface area contributed by atoms with E-state index in [4.69, 9.17) is 5.73 Å². The fraction of sp³-hybridized carbons (Fsp3) is 0.389. The van der Waals surface area contributed by atoms with Gasteiger partial charge >= 0.3 is 6.18 Å². The highest BCUT2D eigenvalue weighted by Crippen LogP contribution is 2.32. The Hall–Kier alpha value is -2.84. The van der Waals surface area contributed by atoms with Crippen LogP contribution in [0.5, 0.6) is 0 Å². The van der Waals surface area contributed by atoms with Crippen molar-refractivity contribution < 1.29 is 18.0 Å². The van der Waals surface area contributed by atoms with Gasteiger partial charge < -0.3 is 15.2 Å². The van der Waals surface area contributed by atoms with Crippen molar-refractivity contribution in [3.8, 4) is 11.4 Å². The SMILES string of the molecule is CN=CN(CC(N)=O)Cc1ccc(-c2nc(C(F)(F)F)cn2C(C)C)cc1. The number of aromatic nitrogens is 2. The monoisotopic (exact) mass is 381 g/mol. The van der Waals surface area contributed by atoms with Crippen molar-refractivity contribution in [1.82, 2.24) is 14.5 Å². The van der Waals surface area contributed by atoms with Crippen LogP contribution >= 0.6 is 0 Å². The topological polar surface area (TPSA) is 76.5 Å². The van der Waals surface area contributed by atoms with Crippen molar-refractivity contribution in [1.29, 1.82) is 0 Å². The number of carbonyl (C=O) groups is 1. The van der Waals surface area contributed by atoms with Crippen molar-refractivity contribution in [3.63, 3.8) is 0 Å². The molecule has 0 fully saturated rings. The lowest BCUT2D eigenvalue weighted by Gasteiger charge is -2.18. The molecular weight excluding hydrogens is 359 g/mol. The van der Waals surface area contributed by atoms with Gasteiger partial charge in [-0.3, -0.25) is 9.79 Å². The van der Waals surface area contributed by atoms with E-state index in [0.29, 0.717) is 12.1 Å². The molecule has 1 heterocycles. The standard InChI is InChI=1S/C18H22F3N5O/c1-12(2)26-9-15(18(19,20)21)24-17(26)14-6-4-13(5-7-14)8-25(11-23-3)10-16(22)27/h4-7,9,11-12H,8,10H2,1-3H3,(H2,22,27). The molecule has 27 heavy (non-hydrogen) atoms. The molecule has 2 rings (SSSR count). The number of nitrogens with zero attached hydrogens (tertiary/aromatic N) is 4. The highest BCUT2D eigenvalue weighted by atomic mass is 19.4. The number of nitrogens with two attached hydrogens (primary N) is 1. The fourth-order valence-electron chi connectivity index (χ4n) is 2.63. The van der Waals surface area contributed by atoms with E-state index in [1.54, 1.807) is 50.1 Å². The molecule has 0 atom stereocenters. The maximum absolute atomic E-state index is 13.0. The second-order valence-corrected chi connectivity index (χ2v) is 6.39. The van der Waals surface area contributed by atoms with Crippen LogP contribution in [0.25, 0.3) is 11.4 Å². The smallest absolute Gasteiger partial charge is 0.368 e. The molecule has 0 aliphatic carbocycles. The van der Waals surface area contributed by atoms with Crippen LogP contribution in [0.2, 0.25) is 0 Å². The third-order valence-corrected chi connectivity index (χ3v) is 3.81. The van der Waals surface area contributed by atoms with Gasteiger partial charge in [-0.2, -0.15) is 13.2 Å². The summed E-state index contributed by atoms with van der Waals surface area (Å²) in [6.45, 7) is 4.01. The molecule has 2 N–H and O–H groups in total. The summed E-state index contributed by atoms with van der Waals surface area (Å²) in [5.74, 6) is -0.224. The summed E-state index contributed by atoms with van der Waals surface area (Å²) >= 11 is 0. The number of alkyl halides is 3. The molecule has 6 nitrogen and oxygen atoms in total. The molecule has 0 aliphatic rings. The van der Waals surface area contributed by atoms with E-state index in [1.165, 1.54) is 10.9 Å². The van der Waals surface area contributed by atoms with E-state index in [2.05, 4.69) is 9.98 Å². The van der Waals surface area contributed by atoms with Gasteiger partial charge in [-0.1, -0.05) is 24.3 Å². The van der Waals surface area contributed by atoms with Gasteiger partial charge in [0.25, 0.3) is 0 Å². The average molecular weight is 381 g/mol. The highest BCUT2D eigenvalue weighted by molar-refractivity contribution is 5.78. The van der Waals surface area contributed by atoms with Gasteiger partial charge in [0.05, 0.1) is 12.9 Å². The number of amides is 1. The number of hydrogen-bond acceptors (Lipinski definition) is 3. The largest absolute Gasteiger partial charge is 0.434 e. The Morgan fingerprint density at radius 3 is 2.44 bits per heavy atom. The van der Waals surface area contributed by atoms with E-state index in [-0.39, 0.29) is 18.4 Å². The van der Waals surface area contributed by atoms with Gasteiger partial charge in [0.15, 0.2) is 5.69 Å². The Bertz CT molecular complexity index is 809. The maximum atomic E-state index is 13.0. The van der Waals surface area contributed by atoms with Crippen LogP contribution in [0.3, 0.4) is 0 Å². The minimum Gasteiger partial charge on any atom is -0.368 e. The minimum atomic E-state index is -4.50. The van der Waals surface area contributed by atoms with E-state index >= 15 is 0 Å². The Balaban J connectivity index is 2.29. The average Bonchev–Trinajstić information content (AvgIpc) is 3.01. The van der Waals surface area contributed by atoms with Crippen molar-refractivity contribution in [2.45, 2.75) is 32.6 Å². The molecule has 1 aromatic heterocycles. The summed E-state index contributed by atoms with van der Waals surface area (Å²) in [5.41, 5.74) is 5.74. The maximum Gasteiger partial charge on any atom is 0.434 e. The van der Waals surface area contributed by atoms with Gasteiger partial charge in [-0.05, 0) is 19.4 Å². The third kappa shape index (κ3) is 5.32. The molecule has 146 valence electrons. The highest BCUT2D eigenvalue weighted by Gasteiger charge is 2.35. The van der Waals surface area contributed by atoms with Crippen LogP contribution in [0, 0.1) is 0 Å². The summed E-state index contributed by atoms with van der Waals surface area (Å²) < 4.78 is 40.5. The first-order valence-corrected chi connectivity index (χ1v) is 8.31. The van der Waals surface area contributed by atoms with Gasteiger partial charge in [0, 0.05) is 31.4 Å². The Labute approximate surface area is 155 Å². The molecule has 2 aromatic rings. The molecule has 1 amide bonds. The first-order chi connectivity index (χ1) is 12.6. The van der Waals surface area contributed by atoms with E-state index in [1.807, 2.05) is 0 Å². The fourth-order valence-corrected chi connectivity index (χ4v) is 2.63. The van der Waals surface area contributed by atoms with Crippen molar-refractivity contribution in [2.75, 3.05) is 13.6 Å². The summed E-state index contributed by atoms with van der Waals surface area (Å²) in [7, 11) is 1.58. The molecular formula is C18H22F3N5O. The van der Waals surface area contributed by atoms with E-state index in [0.717, 1.165) is 11.8 Å². The summed E-state index contributed by atoms with van der Waals surface area (Å²) in [5, 5.41) is 0. The predicted octanol–water partition coefficient (Wildman–Crippen LogP) is 3.10. The van der Waals surface area contributed by atoms with Crippen LogP contribution in [-0.4, -0.2) is 40.3 Å². The zero-order valence-electron chi connectivity index (χ0n) is 15.4. The van der Waals surface area contributed by atoms with Crippen LogP contribution in [0.15, 0.2) is 35.5 Å². The molecule has 0 spiro atoms. The molecule has 0 saturated carbocycles. The summed E-state index contributed by atoms with van der Waals surface area (Å²) in [6.07, 6.45) is -1.95. The number of imidazole rings is 1. The lowest BCUT2D eigenvalue weighted by Crippen LogP contribution is -2.32. The lowest BCUT2D eigenvalue weighted by atomic mass is 10.1. The van der Waals surface area contributed by atoms with Crippen molar-refractivity contribution in [2.24, 2.45) is 10.7 Å². The van der Waals surface area contributed by atoms with Gasteiger partial charge in [0.2, 0.25) is 5.91 Å². The van der Waals surface area contributed by atoms with Crippen LogP contribution in [0.4, 0.5) is 13.2 Å². The number of benzene rings is 1. The van der Waals surface area contributed by atoms with Crippen LogP contribution in [-0.2, 0) is 17.5 Å².